The van der Waals surface area contributed by atoms with Crippen molar-refractivity contribution in [2.75, 3.05) is 23.3 Å². The predicted octanol–water partition coefficient (Wildman–Crippen LogP) is 4.75. The van der Waals surface area contributed by atoms with Gasteiger partial charge in [-0.3, -0.25) is 14.9 Å². The van der Waals surface area contributed by atoms with Crippen molar-refractivity contribution in [3.63, 3.8) is 0 Å². The van der Waals surface area contributed by atoms with Crippen LogP contribution in [0.5, 0.6) is 0 Å². The summed E-state index contributed by atoms with van der Waals surface area (Å²) < 4.78 is 0. The fourth-order valence-electron chi connectivity index (χ4n) is 3.85. The Labute approximate surface area is 190 Å². The van der Waals surface area contributed by atoms with Gasteiger partial charge in [-0.15, -0.1) is 10.2 Å². The van der Waals surface area contributed by atoms with E-state index in [0.29, 0.717) is 5.92 Å². The summed E-state index contributed by atoms with van der Waals surface area (Å²) in [5.41, 5.74) is 1.48. The van der Waals surface area contributed by atoms with E-state index in [0.717, 1.165) is 38.2 Å². The summed E-state index contributed by atoms with van der Waals surface area (Å²) >= 11 is 5.80. The maximum atomic E-state index is 12.5. The molecule has 4 rings (SSSR count). The van der Waals surface area contributed by atoms with Gasteiger partial charge in [-0.25, -0.2) is 0 Å². The third-order valence-corrected chi connectivity index (χ3v) is 5.91. The molecule has 0 radical (unpaired) electrons. The zero-order valence-electron chi connectivity index (χ0n) is 17.3. The number of piperidine rings is 1. The lowest BCUT2D eigenvalue weighted by atomic mass is 9.90. The average Bonchev–Trinajstić information content (AvgIpc) is 2.81. The first kappa shape index (κ1) is 21.7. The van der Waals surface area contributed by atoms with Gasteiger partial charge < -0.3 is 10.2 Å². The van der Waals surface area contributed by atoms with Gasteiger partial charge in [-0.1, -0.05) is 41.9 Å². The van der Waals surface area contributed by atoms with Crippen molar-refractivity contribution in [1.29, 1.82) is 0 Å². The minimum atomic E-state index is -0.602. The van der Waals surface area contributed by atoms with E-state index < -0.39 is 10.8 Å². The number of nitrogens with one attached hydrogen (secondary N) is 1. The van der Waals surface area contributed by atoms with Crippen molar-refractivity contribution in [1.82, 2.24) is 10.2 Å². The molecule has 1 N–H and O–H groups in total. The molecule has 2 aromatic carbocycles. The number of carbonyl (C=O) groups is 1. The molecule has 0 unspecified atom stereocenters. The normalized spacial score (nSPS) is 14.2. The van der Waals surface area contributed by atoms with Gasteiger partial charge in [0.25, 0.3) is 11.6 Å². The molecular formula is C23H22ClN5O3. The van der Waals surface area contributed by atoms with Crippen LogP contribution >= 0.6 is 11.6 Å². The Hall–Kier alpha value is -3.52. The molecule has 1 aliphatic rings. The van der Waals surface area contributed by atoms with Gasteiger partial charge in [0.15, 0.2) is 11.5 Å². The molecule has 1 aliphatic heterocycles. The molecular weight excluding hydrogens is 430 g/mol. The van der Waals surface area contributed by atoms with Crippen molar-refractivity contribution in [3.8, 4) is 0 Å². The molecule has 8 nitrogen and oxygen atoms in total. The number of nitro groups is 1. The molecule has 0 aliphatic carbocycles. The Bertz CT molecular complexity index is 1100. The Balaban J connectivity index is 1.34. The third kappa shape index (κ3) is 5.20. The topological polar surface area (TPSA) is 101 Å². The smallest absolute Gasteiger partial charge is 0.289 e. The number of hydrogen-bond donors (Lipinski definition) is 1. The van der Waals surface area contributed by atoms with Gasteiger partial charge in [-0.05, 0) is 55.0 Å². The standard InChI is InChI=1S/C23H22ClN5O3/c24-19-7-6-18(15-21(19)29(31)32)25-23(30)20-8-9-22(27-26-20)28-12-10-17(11-13-28)14-16-4-2-1-3-5-16/h1-9,15,17H,10-14H2,(H,25,30). The highest BCUT2D eigenvalue weighted by atomic mass is 35.5. The van der Waals surface area contributed by atoms with E-state index in [-0.39, 0.29) is 22.1 Å². The summed E-state index contributed by atoms with van der Waals surface area (Å²) in [5.74, 6) is 0.888. The van der Waals surface area contributed by atoms with E-state index in [1.807, 2.05) is 6.07 Å². The fourth-order valence-corrected chi connectivity index (χ4v) is 4.04. The summed E-state index contributed by atoms with van der Waals surface area (Å²) in [5, 5.41) is 21.9. The van der Waals surface area contributed by atoms with Gasteiger partial charge in [-0.2, -0.15) is 0 Å². The van der Waals surface area contributed by atoms with Crippen LogP contribution in [0.1, 0.15) is 28.9 Å². The maximum Gasteiger partial charge on any atom is 0.289 e. The van der Waals surface area contributed by atoms with Crippen molar-refractivity contribution in [2.45, 2.75) is 19.3 Å². The Kier molecular flexibility index (Phi) is 6.61. The molecule has 0 atom stereocenters. The summed E-state index contributed by atoms with van der Waals surface area (Å²) in [6, 6.07) is 18.0. The molecule has 1 amide bonds. The quantitative estimate of drug-likeness (QED) is 0.428. The number of halogens is 1. The molecule has 0 bridgehead atoms. The molecule has 0 saturated carbocycles. The van der Waals surface area contributed by atoms with E-state index in [1.54, 1.807) is 12.1 Å². The number of rotatable bonds is 6. The van der Waals surface area contributed by atoms with Gasteiger partial charge in [0.2, 0.25) is 0 Å². The highest BCUT2D eigenvalue weighted by molar-refractivity contribution is 6.32. The van der Waals surface area contributed by atoms with Crippen LogP contribution in [0.4, 0.5) is 17.2 Å². The van der Waals surface area contributed by atoms with E-state index in [9.17, 15) is 14.9 Å². The molecule has 1 saturated heterocycles. The van der Waals surface area contributed by atoms with Gasteiger partial charge >= 0.3 is 0 Å². The van der Waals surface area contributed by atoms with E-state index in [4.69, 9.17) is 11.6 Å². The van der Waals surface area contributed by atoms with Crippen molar-refractivity contribution < 1.29 is 9.72 Å². The summed E-state index contributed by atoms with van der Waals surface area (Å²) in [7, 11) is 0. The van der Waals surface area contributed by atoms with Crippen LogP contribution in [0.2, 0.25) is 5.02 Å². The van der Waals surface area contributed by atoms with E-state index >= 15 is 0 Å². The number of benzene rings is 2. The average molecular weight is 452 g/mol. The second-order valence-electron chi connectivity index (χ2n) is 7.77. The third-order valence-electron chi connectivity index (χ3n) is 5.59. The predicted molar refractivity (Wildman–Crippen MR) is 123 cm³/mol. The Morgan fingerprint density at radius 3 is 2.50 bits per heavy atom. The Morgan fingerprint density at radius 2 is 1.84 bits per heavy atom. The number of aromatic nitrogens is 2. The number of anilines is 2. The highest BCUT2D eigenvalue weighted by Gasteiger charge is 2.21. The van der Waals surface area contributed by atoms with Crippen molar-refractivity contribution in [2.24, 2.45) is 5.92 Å². The molecule has 2 heterocycles. The van der Waals surface area contributed by atoms with Gasteiger partial charge in [0.05, 0.1) is 4.92 Å². The number of nitrogens with zero attached hydrogens (tertiary/aromatic N) is 4. The largest absolute Gasteiger partial charge is 0.355 e. The van der Waals surface area contributed by atoms with Crippen LogP contribution in [0.3, 0.4) is 0 Å². The molecule has 32 heavy (non-hydrogen) atoms. The second-order valence-corrected chi connectivity index (χ2v) is 8.18. The monoisotopic (exact) mass is 451 g/mol. The first-order valence-corrected chi connectivity index (χ1v) is 10.8. The van der Waals surface area contributed by atoms with Crippen LogP contribution in [-0.2, 0) is 6.42 Å². The van der Waals surface area contributed by atoms with Gasteiger partial charge in [0, 0.05) is 24.8 Å². The van der Waals surface area contributed by atoms with E-state index in [1.165, 1.54) is 23.8 Å². The maximum absolute atomic E-state index is 12.5. The van der Waals surface area contributed by atoms with Crippen LogP contribution in [0.15, 0.2) is 60.7 Å². The lowest BCUT2D eigenvalue weighted by molar-refractivity contribution is -0.384. The Morgan fingerprint density at radius 1 is 1.09 bits per heavy atom. The second kappa shape index (κ2) is 9.74. The van der Waals surface area contributed by atoms with Crippen molar-refractivity contribution >= 4 is 34.7 Å². The van der Waals surface area contributed by atoms with Crippen LogP contribution in [0, 0.1) is 16.0 Å². The minimum Gasteiger partial charge on any atom is -0.355 e. The van der Waals surface area contributed by atoms with Crippen LogP contribution in [-0.4, -0.2) is 34.1 Å². The molecule has 9 heteroatoms. The zero-order chi connectivity index (χ0) is 22.5. The van der Waals surface area contributed by atoms with E-state index in [2.05, 4.69) is 44.7 Å². The summed E-state index contributed by atoms with van der Waals surface area (Å²) in [6.07, 6.45) is 3.24. The zero-order valence-corrected chi connectivity index (χ0v) is 18.0. The summed E-state index contributed by atoms with van der Waals surface area (Å²) in [6.45, 7) is 1.79. The lowest BCUT2D eigenvalue weighted by Crippen LogP contribution is -2.35. The lowest BCUT2D eigenvalue weighted by Gasteiger charge is -2.32. The SMILES string of the molecule is O=C(Nc1ccc(Cl)c([N+](=O)[O-])c1)c1ccc(N2CCC(Cc3ccccc3)CC2)nn1. The number of amides is 1. The molecule has 3 aromatic rings. The summed E-state index contributed by atoms with van der Waals surface area (Å²) in [4.78, 5) is 25.0. The minimum absolute atomic E-state index is 0.00434. The van der Waals surface area contributed by atoms with Crippen LogP contribution in [0.25, 0.3) is 0 Å². The highest BCUT2D eigenvalue weighted by Crippen LogP contribution is 2.28. The molecule has 1 fully saturated rings. The fraction of sp³-hybridized carbons (Fsp3) is 0.261. The first-order chi connectivity index (χ1) is 15.5. The van der Waals surface area contributed by atoms with Crippen molar-refractivity contribution in [3.05, 3.63) is 87.1 Å². The molecule has 164 valence electrons. The van der Waals surface area contributed by atoms with Gasteiger partial charge in [0.1, 0.15) is 5.02 Å². The molecule has 0 spiro atoms. The number of hydrogen-bond acceptors (Lipinski definition) is 6. The number of nitro benzene ring substituents is 1. The number of carbonyl (C=O) groups excluding carboxylic acids is 1. The molecule has 1 aromatic heterocycles. The van der Waals surface area contributed by atoms with Crippen LogP contribution < -0.4 is 10.2 Å². The first-order valence-electron chi connectivity index (χ1n) is 10.4.